The Balaban J connectivity index is 1.34. The van der Waals surface area contributed by atoms with Crippen LogP contribution in [0.3, 0.4) is 0 Å². The molecule has 10 rings (SSSR count). The predicted octanol–water partition coefficient (Wildman–Crippen LogP) is 12.7. The Morgan fingerprint density at radius 3 is 1.76 bits per heavy atom. The highest BCUT2D eigenvalue weighted by atomic mass is 16.3. The molecule has 208 valence electrons. The molecule has 0 atom stereocenters. The van der Waals surface area contributed by atoms with Crippen LogP contribution in [0.15, 0.2) is 162 Å². The summed E-state index contributed by atoms with van der Waals surface area (Å²) in [5, 5.41) is 7.49. The summed E-state index contributed by atoms with van der Waals surface area (Å²) in [6.07, 6.45) is 0. The number of fused-ring (bicyclic) bond motifs is 9. The van der Waals surface area contributed by atoms with Crippen LogP contribution >= 0.6 is 0 Å². The topological polar surface area (TPSA) is 13.1 Å². The summed E-state index contributed by atoms with van der Waals surface area (Å²) in [6.45, 7) is 0. The summed E-state index contributed by atoms with van der Waals surface area (Å²) in [5.41, 5.74) is 2.54. The summed E-state index contributed by atoms with van der Waals surface area (Å²) < 4.78 is 86.2. The van der Waals surface area contributed by atoms with Crippen molar-refractivity contribution in [1.29, 1.82) is 0 Å². The largest absolute Gasteiger partial charge is 0.456 e. The van der Waals surface area contributed by atoms with E-state index in [4.69, 9.17) is 12.6 Å². The number of rotatable bonds is 2. The van der Waals surface area contributed by atoms with E-state index in [1.165, 1.54) is 0 Å². The summed E-state index contributed by atoms with van der Waals surface area (Å²) in [4.78, 5) is 0. The van der Waals surface area contributed by atoms with Gasteiger partial charge in [0.05, 0.1) is 12.3 Å². The molecule has 0 saturated heterocycles. The Labute approximate surface area is 272 Å². The van der Waals surface area contributed by atoms with Crippen LogP contribution in [-0.4, -0.2) is 0 Å². The average Bonchev–Trinajstić information content (AvgIpc) is 3.61. The maximum atomic E-state index is 9.62. The number of hydrogen-bond acceptors (Lipinski definition) is 1. The van der Waals surface area contributed by atoms with Crippen molar-refractivity contribution in [2.75, 3.05) is 0 Å². The van der Waals surface area contributed by atoms with Gasteiger partial charge in [0, 0.05) is 10.8 Å². The van der Waals surface area contributed by atoms with Crippen LogP contribution in [0.4, 0.5) is 0 Å². The molecule has 0 spiro atoms. The van der Waals surface area contributed by atoms with Gasteiger partial charge in [-0.2, -0.15) is 0 Å². The third kappa shape index (κ3) is 3.56. The van der Waals surface area contributed by atoms with Gasteiger partial charge in [-0.05, 0) is 100 Å². The van der Waals surface area contributed by atoms with E-state index < -0.39 is 24.2 Å². The lowest BCUT2D eigenvalue weighted by Crippen LogP contribution is -1.91. The van der Waals surface area contributed by atoms with Gasteiger partial charge in [-0.15, -0.1) is 0 Å². The first kappa shape index (κ1) is 17.4. The molecule has 10 aromatic rings. The molecule has 0 unspecified atom stereocenters. The molecule has 45 heavy (non-hydrogen) atoms. The number of hydrogen-bond donors (Lipinski definition) is 0. The van der Waals surface area contributed by atoms with E-state index in [-0.39, 0.29) is 68.5 Å². The lowest BCUT2D eigenvalue weighted by Gasteiger charge is -2.19. The molecule has 0 aliphatic rings. The molecule has 1 heterocycles. The lowest BCUT2D eigenvalue weighted by atomic mass is 9.84. The smallest absolute Gasteiger partial charge is 0.136 e. The lowest BCUT2D eigenvalue weighted by molar-refractivity contribution is 0.669. The minimum Gasteiger partial charge on any atom is -0.456 e. The highest BCUT2D eigenvalue weighted by Gasteiger charge is 2.19. The Morgan fingerprint density at radius 1 is 0.378 bits per heavy atom. The van der Waals surface area contributed by atoms with Crippen LogP contribution < -0.4 is 0 Å². The zero-order chi connectivity index (χ0) is 37.3. The van der Waals surface area contributed by atoms with Gasteiger partial charge in [-0.25, -0.2) is 0 Å². The second kappa shape index (κ2) is 9.29. The van der Waals surface area contributed by atoms with Crippen molar-refractivity contribution in [3.63, 3.8) is 0 Å². The van der Waals surface area contributed by atoms with Crippen LogP contribution in [0.2, 0.25) is 0 Å². The molecule has 9 aromatic carbocycles. The predicted molar refractivity (Wildman–Crippen MR) is 192 cm³/mol. The highest BCUT2D eigenvalue weighted by molar-refractivity contribution is 6.25. The van der Waals surface area contributed by atoms with Gasteiger partial charge < -0.3 is 4.42 Å². The van der Waals surface area contributed by atoms with Gasteiger partial charge in [0.2, 0.25) is 0 Å². The van der Waals surface area contributed by atoms with Crippen LogP contribution in [0.5, 0.6) is 0 Å². The van der Waals surface area contributed by atoms with Crippen LogP contribution in [0, 0.1) is 0 Å². The fourth-order valence-corrected chi connectivity index (χ4v) is 6.93. The van der Waals surface area contributed by atoms with Gasteiger partial charge in [0.15, 0.2) is 0 Å². The zero-order valence-electron chi connectivity index (χ0n) is 32.7. The van der Waals surface area contributed by atoms with Crippen LogP contribution in [0.1, 0.15) is 12.3 Å². The molecule has 0 radical (unpaired) electrons. The van der Waals surface area contributed by atoms with Crippen LogP contribution in [0.25, 0.3) is 98.1 Å². The third-order valence-electron chi connectivity index (χ3n) is 8.87. The molecule has 0 saturated carbocycles. The van der Waals surface area contributed by atoms with Crippen molar-refractivity contribution in [3.8, 4) is 22.3 Å². The molecule has 0 amide bonds. The fourth-order valence-electron chi connectivity index (χ4n) is 6.93. The average molecular weight is 580 g/mol. The van der Waals surface area contributed by atoms with Crippen molar-refractivity contribution >= 4 is 75.8 Å². The third-order valence-corrected chi connectivity index (χ3v) is 8.87. The molecule has 0 fully saturated rings. The van der Waals surface area contributed by atoms with E-state index in [9.17, 15) is 4.11 Å². The fraction of sp³-hybridized carbons (Fsp3) is 0. The zero-order valence-corrected chi connectivity index (χ0v) is 23.7. The first-order valence-corrected chi connectivity index (χ1v) is 14.8. The minimum atomic E-state index is -0.539. The van der Waals surface area contributed by atoms with E-state index in [0.29, 0.717) is 5.56 Å². The maximum Gasteiger partial charge on any atom is 0.136 e. The molecular weight excluding hydrogens is 544 g/mol. The van der Waals surface area contributed by atoms with E-state index in [1.54, 1.807) is 0 Å². The van der Waals surface area contributed by atoms with Gasteiger partial charge in [-0.3, -0.25) is 0 Å². The second-order valence-corrected chi connectivity index (χ2v) is 11.3. The van der Waals surface area contributed by atoms with Gasteiger partial charge in [0.1, 0.15) is 11.2 Å². The molecule has 0 aliphatic heterocycles. The van der Waals surface area contributed by atoms with Crippen LogP contribution in [-0.2, 0) is 0 Å². The first-order chi connectivity index (χ1) is 26.1. The van der Waals surface area contributed by atoms with Gasteiger partial charge in [0.25, 0.3) is 0 Å². The Bertz CT molecular complexity index is 3270. The first-order valence-electron chi connectivity index (χ1n) is 19.3. The summed E-state index contributed by atoms with van der Waals surface area (Å²) in [6, 6.07) is 31.2. The summed E-state index contributed by atoms with van der Waals surface area (Å²) in [7, 11) is 0. The standard InChI is InChI=1S/C44H26O/c1-2-12-29-25-42-40(24-28(29)11-1)34-23-21-30(26-41(34)45-42)43-36-14-5-7-16-38(36)44(39-17-8-6-15-37(39)43)35-19-9-18-32-31-13-4-3-10-27(31)20-22-33(32)35/h1-26H/i1D,2D,11D,12D,21D,23D,24D,25D,26D. The maximum absolute atomic E-state index is 9.62. The molecule has 1 heteroatoms. The van der Waals surface area contributed by atoms with E-state index in [2.05, 4.69) is 42.5 Å². The molecule has 1 nitrogen and oxygen atoms in total. The van der Waals surface area contributed by atoms with E-state index in [1.807, 2.05) is 60.7 Å². The Morgan fingerprint density at radius 2 is 1.00 bits per heavy atom. The van der Waals surface area contributed by atoms with Gasteiger partial charge >= 0.3 is 0 Å². The van der Waals surface area contributed by atoms with Crippen molar-refractivity contribution < 1.29 is 16.8 Å². The normalized spacial score (nSPS) is 14.8. The van der Waals surface area contributed by atoms with E-state index >= 15 is 0 Å². The molecular formula is C44H26O. The molecule has 0 aliphatic carbocycles. The Hall–Kier alpha value is -5.92. The van der Waals surface area contributed by atoms with Crippen molar-refractivity contribution in [3.05, 3.63) is 158 Å². The van der Waals surface area contributed by atoms with Crippen molar-refractivity contribution in [2.24, 2.45) is 0 Å². The second-order valence-electron chi connectivity index (χ2n) is 11.3. The highest BCUT2D eigenvalue weighted by Crippen LogP contribution is 2.46. The molecule has 1 aromatic heterocycles. The minimum absolute atomic E-state index is 0.00947. The summed E-state index contributed by atoms with van der Waals surface area (Å²) in [5.74, 6) is 0. The molecule has 0 bridgehead atoms. The van der Waals surface area contributed by atoms with Gasteiger partial charge in [-0.1, -0.05) is 133 Å². The SMILES string of the molecule is [2H]c1c([2H])c([2H])c2c([2H])c3c(oc4c([2H])c(-c5c6ccccc6c(-c6cccc7c6ccc6ccccc67)c6ccccc56)c([2H])c([2H])c43)c([2H])c2c1[2H]. The quantitative estimate of drug-likeness (QED) is 0.147. The number of benzene rings is 9. The van der Waals surface area contributed by atoms with Crippen molar-refractivity contribution in [2.45, 2.75) is 0 Å². The monoisotopic (exact) mass is 579 g/mol. The van der Waals surface area contributed by atoms with E-state index in [0.717, 1.165) is 54.2 Å². The number of furan rings is 1. The molecule has 0 N–H and O–H groups in total. The Kier molecular flexibility index (Phi) is 3.59. The van der Waals surface area contributed by atoms with Crippen molar-refractivity contribution in [1.82, 2.24) is 0 Å². The summed E-state index contributed by atoms with van der Waals surface area (Å²) >= 11 is 0.